The minimum Gasteiger partial charge on any atom is -0.469 e. The average Bonchev–Trinajstić information content (AvgIpc) is 3.59. The van der Waals surface area contributed by atoms with Crippen molar-refractivity contribution in [2.45, 2.75) is 94.2 Å². The number of esters is 2. The molecule has 0 bridgehead atoms. The van der Waals surface area contributed by atoms with Gasteiger partial charge in [-0.15, -0.1) is 0 Å². The first-order valence-electron chi connectivity index (χ1n) is 11.9. The molecule has 3 saturated heterocycles. The lowest BCUT2D eigenvalue weighted by Crippen LogP contribution is -2.68. The van der Waals surface area contributed by atoms with Gasteiger partial charge in [-0.2, -0.15) is 0 Å². The van der Waals surface area contributed by atoms with Gasteiger partial charge in [0, 0.05) is 29.6 Å². The van der Waals surface area contributed by atoms with Crippen LogP contribution in [-0.2, 0) is 33.3 Å². The Balaban J connectivity index is 1.37. The summed E-state index contributed by atoms with van der Waals surface area (Å²) in [6, 6.07) is 0. The predicted octanol–water partition coefficient (Wildman–Crippen LogP) is 2.34. The van der Waals surface area contributed by atoms with E-state index in [0.29, 0.717) is 19.3 Å². The maximum atomic E-state index is 13.2. The molecular weight excluding hydrogens is 400 g/mol. The van der Waals surface area contributed by atoms with Crippen molar-refractivity contribution < 1.29 is 33.3 Å². The monoisotopic (exact) mass is 430 g/mol. The van der Waals surface area contributed by atoms with Crippen LogP contribution >= 0.6 is 0 Å². The molecule has 3 aliphatic heterocycles. The lowest BCUT2D eigenvalue weighted by Gasteiger charge is -2.59. The zero-order chi connectivity index (χ0) is 21.6. The van der Waals surface area contributed by atoms with E-state index in [1.807, 2.05) is 0 Å². The minimum absolute atomic E-state index is 0.000380. The van der Waals surface area contributed by atoms with Crippen molar-refractivity contribution >= 4 is 17.7 Å². The molecule has 0 aromatic carbocycles. The molecule has 7 fully saturated rings. The van der Waals surface area contributed by atoms with Gasteiger partial charge in [0.15, 0.2) is 5.78 Å². The summed E-state index contributed by atoms with van der Waals surface area (Å²) in [6.45, 7) is 4.50. The molecule has 7 aliphatic rings. The first-order chi connectivity index (χ1) is 14.7. The summed E-state index contributed by atoms with van der Waals surface area (Å²) in [6.07, 6.45) is 5.22. The summed E-state index contributed by atoms with van der Waals surface area (Å²) in [7, 11) is 1.44. The van der Waals surface area contributed by atoms with Crippen LogP contribution in [-0.4, -0.2) is 53.8 Å². The molecule has 0 aromatic heterocycles. The van der Waals surface area contributed by atoms with Crippen LogP contribution in [0.15, 0.2) is 0 Å². The second-order valence-electron chi connectivity index (χ2n) is 11.7. The highest BCUT2D eigenvalue weighted by atomic mass is 16.6. The van der Waals surface area contributed by atoms with Crippen LogP contribution < -0.4 is 0 Å². The molecule has 3 spiro atoms. The largest absolute Gasteiger partial charge is 0.469 e. The van der Waals surface area contributed by atoms with E-state index in [1.165, 1.54) is 7.11 Å². The number of hydrogen-bond acceptors (Lipinski definition) is 7. The minimum atomic E-state index is -0.601. The number of ketones is 1. The Hall–Kier alpha value is -1.47. The van der Waals surface area contributed by atoms with Crippen molar-refractivity contribution in [3.63, 3.8) is 0 Å². The summed E-state index contributed by atoms with van der Waals surface area (Å²) >= 11 is 0. The fraction of sp³-hybridized carbons (Fsp3) is 0.875. The molecule has 0 radical (unpaired) electrons. The quantitative estimate of drug-likeness (QED) is 0.465. The van der Waals surface area contributed by atoms with E-state index >= 15 is 0 Å². The number of carbonyl (C=O) groups is 3. The molecule has 4 aliphatic carbocycles. The molecule has 10 atom stereocenters. The zero-order valence-corrected chi connectivity index (χ0v) is 18.4. The molecule has 0 N–H and O–H groups in total. The van der Waals surface area contributed by atoms with Crippen molar-refractivity contribution in [2.24, 2.45) is 28.6 Å². The van der Waals surface area contributed by atoms with Gasteiger partial charge in [-0.05, 0) is 44.4 Å². The molecule has 7 nitrogen and oxygen atoms in total. The van der Waals surface area contributed by atoms with E-state index in [9.17, 15) is 14.4 Å². The molecule has 0 amide bonds. The van der Waals surface area contributed by atoms with Gasteiger partial charge >= 0.3 is 11.9 Å². The molecule has 2 unspecified atom stereocenters. The highest BCUT2D eigenvalue weighted by Crippen LogP contribution is 2.82. The lowest BCUT2D eigenvalue weighted by molar-refractivity contribution is -0.184. The van der Waals surface area contributed by atoms with Crippen molar-refractivity contribution in [2.75, 3.05) is 7.11 Å². The Bertz CT molecular complexity index is 946. The maximum Gasteiger partial charge on any atom is 0.309 e. The van der Waals surface area contributed by atoms with Gasteiger partial charge in [0.05, 0.1) is 19.1 Å². The summed E-state index contributed by atoms with van der Waals surface area (Å²) < 4.78 is 24.2. The first-order valence-corrected chi connectivity index (χ1v) is 11.9. The smallest absolute Gasteiger partial charge is 0.309 e. The van der Waals surface area contributed by atoms with Gasteiger partial charge in [-0.1, -0.05) is 13.8 Å². The first kappa shape index (κ1) is 19.0. The number of ether oxygens (including phenoxy) is 4. The maximum absolute atomic E-state index is 13.2. The van der Waals surface area contributed by atoms with Gasteiger partial charge in [-0.3, -0.25) is 14.4 Å². The van der Waals surface area contributed by atoms with Crippen molar-refractivity contribution in [3.05, 3.63) is 0 Å². The fourth-order valence-electron chi connectivity index (χ4n) is 9.63. The third-order valence-electron chi connectivity index (χ3n) is 11.2. The number of hydrogen-bond donors (Lipinski definition) is 0. The van der Waals surface area contributed by atoms with E-state index in [2.05, 4.69) is 13.8 Å². The van der Waals surface area contributed by atoms with Crippen LogP contribution in [0.3, 0.4) is 0 Å². The molecule has 0 aromatic rings. The standard InChI is InChI=1S/C24H30O7/c1-20-11-15-24(29-15)17(13(20)4-8-22(20)9-6-16(26)30-22)12(19(27)28-3)10-23-18(31-23)14(25)5-7-21(23,24)2/h12-13,15,17-18H,4-11H2,1-3H3/t12-,13+,15-,17+,18?,20+,21+,22-,23?,24-/m1/s1. The van der Waals surface area contributed by atoms with Gasteiger partial charge in [0.2, 0.25) is 0 Å². The third-order valence-corrected chi connectivity index (χ3v) is 11.2. The lowest BCUT2D eigenvalue weighted by atomic mass is 9.41. The van der Waals surface area contributed by atoms with Crippen LogP contribution in [0.25, 0.3) is 0 Å². The Labute approximate surface area is 181 Å². The summed E-state index contributed by atoms with van der Waals surface area (Å²) in [5, 5.41) is 0. The van der Waals surface area contributed by atoms with Crippen molar-refractivity contribution in [1.29, 1.82) is 0 Å². The van der Waals surface area contributed by atoms with E-state index in [1.54, 1.807) is 0 Å². The third kappa shape index (κ3) is 1.77. The molecule has 3 heterocycles. The number of fused-ring (bicyclic) bond motifs is 3. The SMILES string of the molecule is COC(=O)[C@@H]1CC23OC2C(=O)CC[C@]3(C)[C@@]23O[C@@H]2C[C@@]2(C)[C@@H](CC[C@@]24CCC(=O)O4)[C@H]13. The topological polar surface area (TPSA) is 94.7 Å². The molecule has 7 heteroatoms. The van der Waals surface area contributed by atoms with Gasteiger partial charge < -0.3 is 18.9 Å². The van der Waals surface area contributed by atoms with Crippen molar-refractivity contribution in [3.8, 4) is 0 Å². The second-order valence-corrected chi connectivity index (χ2v) is 11.7. The molecule has 4 saturated carbocycles. The Morgan fingerprint density at radius 2 is 1.87 bits per heavy atom. The zero-order valence-electron chi connectivity index (χ0n) is 18.4. The number of Topliss-reactive ketones (excluding diaryl/α,β-unsaturated/α-hetero) is 1. The second kappa shape index (κ2) is 5.19. The van der Waals surface area contributed by atoms with E-state index in [0.717, 1.165) is 32.1 Å². The van der Waals surface area contributed by atoms with Crippen LogP contribution in [0.4, 0.5) is 0 Å². The Morgan fingerprint density at radius 3 is 2.58 bits per heavy atom. The summed E-state index contributed by atoms with van der Waals surface area (Å²) in [5.41, 5.74) is -2.00. The predicted molar refractivity (Wildman–Crippen MR) is 105 cm³/mol. The molecular formula is C24H30O7. The van der Waals surface area contributed by atoms with Gasteiger partial charge in [-0.25, -0.2) is 0 Å². The number of epoxide rings is 2. The van der Waals surface area contributed by atoms with Crippen LogP contribution in [0, 0.1) is 28.6 Å². The van der Waals surface area contributed by atoms with Crippen LogP contribution in [0.5, 0.6) is 0 Å². The van der Waals surface area contributed by atoms with Crippen LogP contribution in [0.1, 0.15) is 65.2 Å². The Kier molecular flexibility index (Phi) is 3.19. The highest BCUT2D eigenvalue weighted by molar-refractivity contribution is 5.89. The van der Waals surface area contributed by atoms with Crippen LogP contribution in [0.2, 0.25) is 0 Å². The summed E-state index contributed by atoms with van der Waals surface area (Å²) in [4.78, 5) is 37.9. The number of rotatable bonds is 1. The molecule has 7 rings (SSSR count). The number of carbonyl (C=O) groups excluding carboxylic acids is 3. The number of methoxy groups -OCH3 is 1. The van der Waals surface area contributed by atoms with Gasteiger partial charge in [0.25, 0.3) is 0 Å². The average molecular weight is 430 g/mol. The summed E-state index contributed by atoms with van der Waals surface area (Å²) in [5.74, 6) is -0.325. The van der Waals surface area contributed by atoms with Crippen molar-refractivity contribution in [1.82, 2.24) is 0 Å². The Morgan fingerprint density at radius 1 is 1.06 bits per heavy atom. The van der Waals surface area contributed by atoms with E-state index in [4.69, 9.17) is 18.9 Å². The van der Waals surface area contributed by atoms with E-state index < -0.39 is 22.9 Å². The normalized spacial score (nSPS) is 60.3. The van der Waals surface area contributed by atoms with E-state index in [-0.39, 0.29) is 52.4 Å². The molecule has 31 heavy (non-hydrogen) atoms. The highest BCUT2D eigenvalue weighted by Gasteiger charge is 2.91. The fourth-order valence-corrected chi connectivity index (χ4v) is 9.63. The van der Waals surface area contributed by atoms with Gasteiger partial charge in [0.1, 0.15) is 22.9 Å². The molecule has 168 valence electrons.